The van der Waals surface area contributed by atoms with Crippen LogP contribution in [0.2, 0.25) is 5.02 Å². The van der Waals surface area contributed by atoms with Crippen molar-refractivity contribution in [2.24, 2.45) is 0 Å². The Morgan fingerprint density at radius 3 is 2.26 bits per heavy atom. The summed E-state index contributed by atoms with van der Waals surface area (Å²) in [5.41, 5.74) is 1.78. The molecule has 0 unspecified atom stereocenters. The predicted molar refractivity (Wildman–Crippen MR) is 93.3 cm³/mol. The summed E-state index contributed by atoms with van der Waals surface area (Å²) in [6.07, 6.45) is 1.92. The zero-order chi connectivity index (χ0) is 16.9. The fourth-order valence-electron chi connectivity index (χ4n) is 2.00. The van der Waals surface area contributed by atoms with Crippen molar-refractivity contribution in [3.8, 4) is 0 Å². The smallest absolute Gasteiger partial charge is 0.229 e. The van der Waals surface area contributed by atoms with Gasteiger partial charge in [-0.2, -0.15) is 0 Å². The van der Waals surface area contributed by atoms with E-state index in [4.69, 9.17) is 11.6 Å². The van der Waals surface area contributed by atoms with Crippen molar-refractivity contribution in [2.75, 3.05) is 16.3 Å². The van der Waals surface area contributed by atoms with E-state index in [1.54, 1.807) is 36.4 Å². The largest absolute Gasteiger partial charge is 0.324 e. The first kappa shape index (κ1) is 17.3. The predicted octanol–water partition coefficient (Wildman–Crippen LogP) is 3.28. The van der Waals surface area contributed by atoms with Crippen LogP contribution in [0.5, 0.6) is 0 Å². The van der Waals surface area contributed by atoms with Crippen LogP contribution in [-0.4, -0.2) is 20.6 Å². The molecule has 2 rings (SSSR count). The molecule has 0 aromatic heterocycles. The fraction of sp³-hybridized carbons (Fsp3) is 0.188. The van der Waals surface area contributed by atoms with Gasteiger partial charge in [0, 0.05) is 11.4 Å². The highest BCUT2D eigenvalue weighted by atomic mass is 35.5. The minimum atomic E-state index is -3.41. The Bertz CT molecular complexity index is 789. The number of benzene rings is 2. The molecule has 0 atom stereocenters. The molecule has 0 saturated carbocycles. The van der Waals surface area contributed by atoms with Crippen LogP contribution in [0.25, 0.3) is 0 Å². The van der Waals surface area contributed by atoms with Gasteiger partial charge in [-0.25, -0.2) is 8.42 Å². The van der Waals surface area contributed by atoms with E-state index in [-0.39, 0.29) is 12.3 Å². The number of para-hydroxylation sites is 2. The van der Waals surface area contributed by atoms with Crippen LogP contribution in [0.1, 0.15) is 12.0 Å². The molecule has 1 amide bonds. The van der Waals surface area contributed by atoms with E-state index in [0.29, 0.717) is 22.8 Å². The van der Waals surface area contributed by atoms with Crippen LogP contribution >= 0.6 is 11.6 Å². The monoisotopic (exact) mass is 352 g/mol. The van der Waals surface area contributed by atoms with Crippen molar-refractivity contribution >= 4 is 38.9 Å². The van der Waals surface area contributed by atoms with E-state index >= 15 is 0 Å². The van der Waals surface area contributed by atoms with E-state index in [2.05, 4.69) is 10.0 Å². The number of carbonyl (C=O) groups excluding carboxylic acids is 1. The highest BCUT2D eigenvalue weighted by Gasteiger charge is 2.10. The minimum Gasteiger partial charge on any atom is -0.324 e. The van der Waals surface area contributed by atoms with Crippen molar-refractivity contribution in [3.63, 3.8) is 0 Å². The normalized spacial score (nSPS) is 11.0. The average Bonchev–Trinajstić information content (AvgIpc) is 2.47. The second kappa shape index (κ2) is 7.48. The van der Waals surface area contributed by atoms with Gasteiger partial charge in [-0.05, 0) is 36.2 Å². The Labute approximate surface area is 140 Å². The molecule has 5 nitrogen and oxygen atoms in total. The van der Waals surface area contributed by atoms with Crippen LogP contribution in [0, 0.1) is 0 Å². The molecule has 0 fully saturated rings. The molecule has 0 aliphatic carbocycles. The quantitative estimate of drug-likeness (QED) is 0.837. The van der Waals surface area contributed by atoms with Gasteiger partial charge in [0.2, 0.25) is 15.9 Å². The zero-order valence-electron chi connectivity index (χ0n) is 12.5. The van der Waals surface area contributed by atoms with Crippen molar-refractivity contribution in [1.82, 2.24) is 0 Å². The number of anilines is 2. The number of hydrogen-bond acceptors (Lipinski definition) is 3. The lowest BCUT2D eigenvalue weighted by molar-refractivity contribution is -0.116. The summed E-state index contributed by atoms with van der Waals surface area (Å²) in [6.45, 7) is 0. The molecule has 0 spiro atoms. The highest BCUT2D eigenvalue weighted by Crippen LogP contribution is 2.22. The van der Waals surface area contributed by atoms with E-state index in [1.165, 1.54) is 0 Å². The van der Waals surface area contributed by atoms with E-state index in [0.717, 1.165) is 11.8 Å². The number of halogens is 1. The molecule has 2 aromatic carbocycles. The molecule has 0 aliphatic rings. The maximum absolute atomic E-state index is 12.1. The van der Waals surface area contributed by atoms with Crippen molar-refractivity contribution < 1.29 is 13.2 Å². The molecule has 0 bridgehead atoms. The van der Waals surface area contributed by atoms with Gasteiger partial charge in [-0.3, -0.25) is 9.52 Å². The number of sulfonamides is 1. The van der Waals surface area contributed by atoms with Crippen molar-refractivity contribution in [3.05, 3.63) is 59.1 Å². The lowest BCUT2D eigenvalue weighted by atomic mass is 10.1. The van der Waals surface area contributed by atoms with Gasteiger partial charge in [-0.1, -0.05) is 35.9 Å². The molecular formula is C16H17ClN2O3S. The zero-order valence-corrected chi connectivity index (χ0v) is 14.1. The number of rotatable bonds is 6. The molecular weight excluding hydrogens is 336 g/mol. The first-order valence-corrected chi connectivity index (χ1v) is 9.21. The fourth-order valence-corrected chi connectivity index (χ4v) is 2.71. The van der Waals surface area contributed by atoms with Crippen molar-refractivity contribution in [2.45, 2.75) is 12.8 Å². The first-order valence-electron chi connectivity index (χ1n) is 6.94. The summed E-state index contributed by atoms with van der Waals surface area (Å²) < 4.78 is 25.1. The van der Waals surface area contributed by atoms with Gasteiger partial charge in [0.1, 0.15) is 0 Å². The van der Waals surface area contributed by atoms with Crippen LogP contribution in [0.3, 0.4) is 0 Å². The molecule has 122 valence electrons. The second-order valence-corrected chi connectivity index (χ2v) is 7.28. The maximum atomic E-state index is 12.1. The summed E-state index contributed by atoms with van der Waals surface area (Å²) in [4.78, 5) is 12.1. The van der Waals surface area contributed by atoms with Gasteiger partial charge in [0.25, 0.3) is 0 Å². The van der Waals surface area contributed by atoms with Crippen molar-refractivity contribution in [1.29, 1.82) is 0 Å². The van der Waals surface area contributed by atoms with Gasteiger partial charge in [0.05, 0.1) is 17.6 Å². The summed E-state index contributed by atoms with van der Waals surface area (Å²) in [5.74, 6) is -0.192. The number of amides is 1. The Morgan fingerprint density at radius 1 is 1.04 bits per heavy atom. The van der Waals surface area contributed by atoms with Crippen LogP contribution in [0.4, 0.5) is 11.4 Å². The second-order valence-electron chi connectivity index (χ2n) is 5.09. The molecule has 7 heteroatoms. The number of aryl methyl sites for hydroxylation is 1. The third-order valence-corrected chi connectivity index (χ3v) is 3.89. The molecule has 23 heavy (non-hydrogen) atoms. The summed E-state index contributed by atoms with van der Waals surface area (Å²) in [6, 6.07) is 14.0. The maximum Gasteiger partial charge on any atom is 0.229 e. The topological polar surface area (TPSA) is 75.3 Å². The van der Waals surface area contributed by atoms with Gasteiger partial charge >= 0.3 is 0 Å². The molecule has 0 aliphatic heterocycles. The SMILES string of the molecule is CS(=O)(=O)Nc1ccccc1NC(=O)CCc1ccc(Cl)cc1. The molecule has 0 saturated heterocycles. The Kier molecular flexibility index (Phi) is 5.63. The summed E-state index contributed by atoms with van der Waals surface area (Å²) in [5, 5.41) is 3.37. The number of carbonyl (C=O) groups is 1. The third-order valence-electron chi connectivity index (χ3n) is 3.05. The average molecular weight is 353 g/mol. The Balaban J connectivity index is 1.99. The standard InChI is InChI=1S/C16H17ClN2O3S/c1-23(21,22)19-15-5-3-2-4-14(15)18-16(20)11-8-12-6-9-13(17)10-7-12/h2-7,9-10,19H,8,11H2,1H3,(H,18,20). The molecule has 0 radical (unpaired) electrons. The first-order chi connectivity index (χ1) is 10.8. The van der Waals surface area contributed by atoms with Gasteiger partial charge in [0.15, 0.2) is 0 Å². The highest BCUT2D eigenvalue weighted by molar-refractivity contribution is 7.92. The minimum absolute atomic E-state index is 0.192. The van der Waals surface area contributed by atoms with E-state index in [9.17, 15) is 13.2 Å². The Hall–Kier alpha value is -2.05. The van der Waals surface area contributed by atoms with Crippen LogP contribution in [0.15, 0.2) is 48.5 Å². The third kappa shape index (κ3) is 5.92. The van der Waals surface area contributed by atoms with Crippen LogP contribution < -0.4 is 10.0 Å². The summed E-state index contributed by atoms with van der Waals surface area (Å²) >= 11 is 5.82. The molecule has 0 heterocycles. The van der Waals surface area contributed by atoms with E-state index in [1.807, 2.05) is 12.1 Å². The Morgan fingerprint density at radius 2 is 1.65 bits per heavy atom. The van der Waals surface area contributed by atoms with Crippen LogP contribution in [-0.2, 0) is 21.2 Å². The number of nitrogens with one attached hydrogen (secondary N) is 2. The summed E-state index contributed by atoms with van der Waals surface area (Å²) in [7, 11) is -3.41. The molecule has 2 N–H and O–H groups in total. The molecule has 2 aromatic rings. The lowest BCUT2D eigenvalue weighted by Gasteiger charge is -2.11. The number of hydrogen-bond donors (Lipinski definition) is 2. The van der Waals surface area contributed by atoms with Gasteiger partial charge < -0.3 is 5.32 Å². The lowest BCUT2D eigenvalue weighted by Crippen LogP contribution is -2.16. The van der Waals surface area contributed by atoms with Gasteiger partial charge in [-0.15, -0.1) is 0 Å². The van der Waals surface area contributed by atoms with E-state index < -0.39 is 10.0 Å².